The van der Waals surface area contributed by atoms with E-state index in [1.165, 1.54) is 16.7 Å². The minimum absolute atomic E-state index is 0.378. The van der Waals surface area contributed by atoms with Crippen molar-refractivity contribution in [1.82, 2.24) is 0 Å². The Kier molecular flexibility index (Phi) is 8.61. The Morgan fingerprint density at radius 1 is 0.895 bits per heavy atom. The van der Waals surface area contributed by atoms with Crippen LogP contribution < -0.4 is 0 Å². The molecule has 0 saturated heterocycles. The van der Waals surface area contributed by atoms with Crippen molar-refractivity contribution in [2.45, 2.75) is 40.5 Å². The Hall–Kier alpha value is -1.56. The molecule has 104 valence electrons. The molecule has 0 fully saturated rings. The van der Waals surface area contributed by atoms with E-state index < -0.39 is 0 Å². The summed E-state index contributed by atoms with van der Waals surface area (Å²) in [6, 6.07) is 8.51. The third-order valence-corrected chi connectivity index (χ3v) is 3.16. The molecule has 0 aromatic heterocycles. The molecule has 0 heterocycles. The molecule has 0 N–H and O–H groups in total. The van der Waals surface area contributed by atoms with Crippen LogP contribution >= 0.6 is 0 Å². The molecule has 1 aliphatic carbocycles. The summed E-state index contributed by atoms with van der Waals surface area (Å²) in [5.74, 6) is 0.779. The predicted octanol–water partition coefficient (Wildman–Crippen LogP) is 6.23. The van der Waals surface area contributed by atoms with Crippen LogP contribution in [0.1, 0.15) is 51.7 Å². The molecule has 0 nitrogen and oxygen atoms in total. The quantitative estimate of drug-likeness (QED) is 0.550. The van der Waals surface area contributed by atoms with E-state index in [0.29, 0.717) is 11.8 Å². The molecular formula is C19H28. The molecular weight excluding hydrogens is 228 g/mol. The molecule has 2 rings (SSSR count). The number of hydrogen-bond donors (Lipinski definition) is 0. The minimum Gasteiger partial charge on any atom is -0.102 e. The van der Waals surface area contributed by atoms with Gasteiger partial charge in [0.25, 0.3) is 0 Å². The summed E-state index contributed by atoms with van der Waals surface area (Å²) in [5.41, 5.74) is 4.05. The number of benzene rings is 1. The van der Waals surface area contributed by atoms with Crippen LogP contribution in [-0.4, -0.2) is 0 Å². The van der Waals surface area contributed by atoms with Crippen molar-refractivity contribution < 1.29 is 0 Å². The summed E-state index contributed by atoms with van der Waals surface area (Å²) in [6.07, 6.45) is 6.30. The van der Waals surface area contributed by atoms with Gasteiger partial charge >= 0.3 is 0 Å². The molecule has 2 unspecified atom stereocenters. The molecule has 2 atom stereocenters. The molecule has 1 aromatic rings. The molecule has 1 aliphatic rings. The zero-order valence-electron chi connectivity index (χ0n) is 13.1. The predicted molar refractivity (Wildman–Crippen MR) is 89.4 cm³/mol. The molecule has 0 saturated carbocycles. The van der Waals surface area contributed by atoms with Gasteiger partial charge in [0, 0.05) is 11.8 Å². The fraction of sp³-hybridized carbons (Fsp3) is 0.368. The lowest BCUT2D eigenvalue weighted by atomic mass is 9.75. The Balaban J connectivity index is 0.000000741. The van der Waals surface area contributed by atoms with Gasteiger partial charge in [-0.25, -0.2) is 0 Å². The molecule has 0 radical (unpaired) electrons. The SMILES string of the molecule is C=CC1C(C)=Cc2ccccc2C1C=C.CC.CC. The fourth-order valence-corrected chi connectivity index (χ4v) is 2.37. The van der Waals surface area contributed by atoms with Crippen LogP contribution in [0.15, 0.2) is 55.1 Å². The van der Waals surface area contributed by atoms with E-state index in [1.54, 1.807) is 0 Å². The number of hydrogen-bond acceptors (Lipinski definition) is 0. The first kappa shape index (κ1) is 17.4. The van der Waals surface area contributed by atoms with Gasteiger partial charge in [0.15, 0.2) is 0 Å². The van der Waals surface area contributed by atoms with Crippen molar-refractivity contribution in [1.29, 1.82) is 0 Å². The molecule has 1 aromatic carbocycles. The first-order valence-electron chi connectivity index (χ1n) is 7.30. The van der Waals surface area contributed by atoms with Crippen molar-refractivity contribution in [2.24, 2.45) is 5.92 Å². The summed E-state index contributed by atoms with van der Waals surface area (Å²) in [4.78, 5) is 0. The molecule has 0 bridgehead atoms. The van der Waals surface area contributed by atoms with Crippen molar-refractivity contribution in [3.8, 4) is 0 Å². The van der Waals surface area contributed by atoms with E-state index in [2.05, 4.69) is 50.4 Å². The number of fused-ring (bicyclic) bond motifs is 1. The molecule has 0 aliphatic heterocycles. The van der Waals surface area contributed by atoms with E-state index in [-0.39, 0.29) is 0 Å². The zero-order chi connectivity index (χ0) is 14.8. The van der Waals surface area contributed by atoms with E-state index in [1.807, 2.05) is 39.8 Å². The Bertz CT molecular complexity index is 423. The lowest BCUT2D eigenvalue weighted by Gasteiger charge is -2.29. The summed E-state index contributed by atoms with van der Waals surface area (Å²) in [5, 5.41) is 0. The van der Waals surface area contributed by atoms with Crippen LogP contribution in [0.3, 0.4) is 0 Å². The highest BCUT2D eigenvalue weighted by Crippen LogP contribution is 2.39. The Morgan fingerprint density at radius 2 is 1.42 bits per heavy atom. The van der Waals surface area contributed by atoms with Crippen LogP contribution in [0.25, 0.3) is 6.08 Å². The lowest BCUT2D eigenvalue weighted by Crippen LogP contribution is -2.14. The van der Waals surface area contributed by atoms with Gasteiger partial charge in [0.2, 0.25) is 0 Å². The number of rotatable bonds is 2. The highest BCUT2D eigenvalue weighted by atomic mass is 14.3. The Labute approximate surface area is 119 Å². The van der Waals surface area contributed by atoms with Crippen LogP contribution in [0.4, 0.5) is 0 Å². The standard InChI is InChI=1S/C15H16.2C2H6/c1-4-13-11(3)10-12-8-6-7-9-15(12)14(13)5-2;2*1-2/h4-10,13-14H,1-2H2,3H3;2*1-2H3. The topological polar surface area (TPSA) is 0 Å². The van der Waals surface area contributed by atoms with Gasteiger partial charge in [-0.1, -0.05) is 75.8 Å². The first-order valence-corrected chi connectivity index (χ1v) is 7.30. The average Bonchev–Trinajstić information content (AvgIpc) is 2.49. The average molecular weight is 256 g/mol. The highest BCUT2D eigenvalue weighted by Gasteiger charge is 2.24. The van der Waals surface area contributed by atoms with Gasteiger partial charge in [-0.2, -0.15) is 0 Å². The maximum Gasteiger partial charge on any atom is 0.0121 e. The van der Waals surface area contributed by atoms with Crippen LogP contribution in [-0.2, 0) is 0 Å². The zero-order valence-corrected chi connectivity index (χ0v) is 13.1. The number of allylic oxidation sites excluding steroid dienone is 3. The molecule has 0 spiro atoms. The second-order valence-electron chi connectivity index (χ2n) is 4.04. The van der Waals surface area contributed by atoms with Crippen molar-refractivity contribution in [3.05, 3.63) is 66.3 Å². The summed E-state index contributed by atoms with van der Waals surface area (Å²) in [7, 11) is 0. The highest BCUT2D eigenvalue weighted by molar-refractivity contribution is 5.63. The third-order valence-electron chi connectivity index (χ3n) is 3.16. The maximum atomic E-state index is 3.94. The van der Waals surface area contributed by atoms with E-state index in [4.69, 9.17) is 0 Å². The summed E-state index contributed by atoms with van der Waals surface area (Å²) in [6.45, 7) is 18.0. The van der Waals surface area contributed by atoms with E-state index in [9.17, 15) is 0 Å². The van der Waals surface area contributed by atoms with E-state index in [0.717, 1.165) is 0 Å². The Morgan fingerprint density at radius 3 is 1.95 bits per heavy atom. The van der Waals surface area contributed by atoms with Gasteiger partial charge in [0.05, 0.1) is 0 Å². The monoisotopic (exact) mass is 256 g/mol. The van der Waals surface area contributed by atoms with Gasteiger partial charge in [-0.05, 0) is 18.1 Å². The van der Waals surface area contributed by atoms with Gasteiger partial charge in [-0.3, -0.25) is 0 Å². The second-order valence-corrected chi connectivity index (χ2v) is 4.04. The normalized spacial score (nSPS) is 19.5. The van der Waals surface area contributed by atoms with Gasteiger partial charge in [0.1, 0.15) is 0 Å². The first-order chi connectivity index (χ1) is 9.27. The largest absolute Gasteiger partial charge is 0.102 e. The van der Waals surface area contributed by atoms with Crippen molar-refractivity contribution in [2.75, 3.05) is 0 Å². The molecule has 19 heavy (non-hydrogen) atoms. The lowest BCUT2D eigenvalue weighted by molar-refractivity contribution is 0.664. The van der Waals surface area contributed by atoms with Gasteiger partial charge in [-0.15, -0.1) is 13.2 Å². The van der Waals surface area contributed by atoms with Gasteiger partial charge < -0.3 is 0 Å². The molecule has 0 amide bonds. The van der Waals surface area contributed by atoms with Crippen LogP contribution in [0.2, 0.25) is 0 Å². The van der Waals surface area contributed by atoms with E-state index >= 15 is 0 Å². The summed E-state index contributed by atoms with van der Waals surface area (Å²) < 4.78 is 0. The van der Waals surface area contributed by atoms with Crippen LogP contribution in [0.5, 0.6) is 0 Å². The maximum absolute atomic E-state index is 3.94. The fourth-order valence-electron chi connectivity index (χ4n) is 2.37. The third kappa shape index (κ3) is 3.96. The second kappa shape index (κ2) is 9.38. The van der Waals surface area contributed by atoms with Crippen LogP contribution in [0, 0.1) is 5.92 Å². The van der Waals surface area contributed by atoms with Crippen molar-refractivity contribution >= 4 is 6.08 Å². The molecule has 0 heteroatoms. The smallest absolute Gasteiger partial charge is 0.0121 e. The van der Waals surface area contributed by atoms with Crippen molar-refractivity contribution in [3.63, 3.8) is 0 Å². The summed E-state index contributed by atoms with van der Waals surface area (Å²) >= 11 is 0. The minimum atomic E-state index is 0.378.